The zero-order chi connectivity index (χ0) is 24.9. The van der Waals surface area contributed by atoms with Gasteiger partial charge in [0.05, 0.1) is 5.56 Å². The van der Waals surface area contributed by atoms with E-state index in [2.05, 4.69) is 15.5 Å². The van der Waals surface area contributed by atoms with Crippen molar-refractivity contribution < 1.29 is 14.4 Å². The van der Waals surface area contributed by atoms with Gasteiger partial charge in [-0.2, -0.15) is 0 Å². The lowest BCUT2D eigenvalue weighted by Crippen LogP contribution is -2.55. The van der Waals surface area contributed by atoms with Crippen LogP contribution in [0.3, 0.4) is 0 Å². The molecule has 1 aromatic carbocycles. The van der Waals surface area contributed by atoms with E-state index in [1.165, 1.54) is 0 Å². The summed E-state index contributed by atoms with van der Waals surface area (Å²) in [6, 6.07) is 5.58. The molecular formula is C26H41N5O3. The van der Waals surface area contributed by atoms with Crippen LogP contribution >= 0.6 is 0 Å². The lowest BCUT2D eigenvalue weighted by molar-refractivity contribution is -0.116. The molecule has 2 N–H and O–H groups in total. The van der Waals surface area contributed by atoms with E-state index < -0.39 is 0 Å². The van der Waals surface area contributed by atoms with Gasteiger partial charge in [0.2, 0.25) is 5.91 Å². The molecule has 0 radical (unpaired) electrons. The Bertz CT molecular complexity index is 879. The van der Waals surface area contributed by atoms with Crippen LogP contribution in [0, 0.1) is 5.92 Å². The fraction of sp³-hybridized carbons (Fsp3) is 0.654. The molecule has 0 aliphatic carbocycles. The van der Waals surface area contributed by atoms with Crippen LogP contribution in [0.5, 0.6) is 0 Å². The van der Waals surface area contributed by atoms with Gasteiger partial charge in [-0.25, -0.2) is 4.79 Å². The number of nitrogens with zero attached hydrogens (tertiary/aromatic N) is 3. The minimum atomic E-state index is -0.280. The number of nitrogens with one attached hydrogen (secondary N) is 2. The smallest absolute Gasteiger partial charge is 0.317 e. The molecule has 8 nitrogen and oxygen atoms in total. The molecule has 3 rings (SSSR count). The number of piperazine rings is 1. The van der Waals surface area contributed by atoms with Gasteiger partial charge in [-0.15, -0.1) is 0 Å². The van der Waals surface area contributed by atoms with Gasteiger partial charge in [-0.3, -0.25) is 9.59 Å². The van der Waals surface area contributed by atoms with Crippen molar-refractivity contribution in [1.82, 2.24) is 15.1 Å². The third-order valence-electron chi connectivity index (χ3n) is 6.14. The minimum Gasteiger partial charge on any atom is -0.367 e. The Morgan fingerprint density at radius 1 is 0.912 bits per heavy atom. The summed E-state index contributed by atoms with van der Waals surface area (Å²) in [6.07, 6.45) is 3.64. The van der Waals surface area contributed by atoms with Crippen molar-refractivity contribution in [2.45, 2.75) is 65.8 Å². The number of likely N-dealkylation sites (tertiary alicyclic amines) is 1. The Hall–Kier alpha value is -2.77. The number of piperidine rings is 1. The number of carbonyl (C=O) groups is 3. The van der Waals surface area contributed by atoms with Crippen molar-refractivity contribution in [1.29, 1.82) is 0 Å². The van der Waals surface area contributed by atoms with Gasteiger partial charge < -0.3 is 25.3 Å². The lowest BCUT2D eigenvalue weighted by Gasteiger charge is -2.38. The summed E-state index contributed by atoms with van der Waals surface area (Å²) in [4.78, 5) is 44.3. The Labute approximate surface area is 204 Å². The largest absolute Gasteiger partial charge is 0.367 e. The maximum Gasteiger partial charge on any atom is 0.317 e. The predicted octanol–water partition coefficient (Wildman–Crippen LogP) is 3.93. The van der Waals surface area contributed by atoms with E-state index in [4.69, 9.17) is 0 Å². The maximum atomic E-state index is 13.5. The minimum absolute atomic E-state index is 0.0163. The van der Waals surface area contributed by atoms with Gasteiger partial charge in [-0.05, 0) is 64.2 Å². The fourth-order valence-corrected chi connectivity index (χ4v) is 4.46. The molecule has 4 amide bonds. The molecule has 0 aromatic heterocycles. The van der Waals surface area contributed by atoms with Crippen molar-refractivity contribution in [3.8, 4) is 0 Å². The van der Waals surface area contributed by atoms with E-state index in [0.29, 0.717) is 43.9 Å². The maximum absolute atomic E-state index is 13.5. The van der Waals surface area contributed by atoms with Crippen LogP contribution in [0.2, 0.25) is 0 Å². The lowest BCUT2D eigenvalue weighted by atomic mass is 10.0. The number of carbonyl (C=O) groups excluding carboxylic acids is 3. The van der Waals surface area contributed by atoms with Crippen LogP contribution in [0.25, 0.3) is 0 Å². The zero-order valence-corrected chi connectivity index (χ0v) is 21.4. The number of anilines is 2. The van der Waals surface area contributed by atoms with Crippen LogP contribution in [0.1, 0.15) is 70.7 Å². The SMILES string of the molecule is CC(C)CC(=O)Nc1ccc(N2CCN(C(=O)NC(C)(C)C)CC2)c(C(=O)N2CCCCC2)c1. The van der Waals surface area contributed by atoms with Crippen LogP contribution < -0.4 is 15.5 Å². The number of hydrogen-bond donors (Lipinski definition) is 2. The second kappa shape index (κ2) is 11.1. The molecule has 0 bridgehead atoms. The third kappa shape index (κ3) is 7.11. The normalized spacial score (nSPS) is 17.1. The molecule has 2 saturated heterocycles. The van der Waals surface area contributed by atoms with Crippen molar-refractivity contribution >= 4 is 29.2 Å². The van der Waals surface area contributed by atoms with Crippen molar-refractivity contribution in [2.24, 2.45) is 5.92 Å². The van der Waals surface area contributed by atoms with Crippen LogP contribution in [-0.2, 0) is 4.79 Å². The quantitative estimate of drug-likeness (QED) is 0.682. The predicted molar refractivity (Wildman–Crippen MR) is 136 cm³/mol. The molecule has 0 spiro atoms. The summed E-state index contributed by atoms with van der Waals surface area (Å²) >= 11 is 0. The molecule has 0 unspecified atom stereocenters. The van der Waals surface area contributed by atoms with Crippen LogP contribution in [0.4, 0.5) is 16.2 Å². The average Bonchev–Trinajstić information content (AvgIpc) is 2.77. The highest BCUT2D eigenvalue weighted by Crippen LogP contribution is 2.28. The number of benzene rings is 1. The van der Waals surface area contributed by atoms with E-state index in [9.17, 15) is 14.4 Å². The van der Waals surface area contributed by atoms with Gasteiger partial charge in [0.15, 0.2) is 0 Å². The first-order valence-electron chi connectivity index (χ1n) is 12.6. The second-order valence-corrected chi connectivity index (χ2v) is 10.9. The van der Waals surface area contributed by atoms with E-state index in [-0.39, 0.29) is 29.3 Å². The summed E-state index contributed by atoms with van der Waals surface area (Å²) in [7, 11) is 0. The van der Waals surface area contributed by atoms with E-state index in [1.807, 2.05) is 62.6 Å². The summed E-state index contributed by atoms with van der Waals surface area (Å²) < 4.78 is 0. The summed E-state index contributed by atoms with van der Waals surface area (Å²) in [5.41, 5.74) is 1.86. The first kappa shape index (κ1) is 25.8. The molecule has 0 saturated carbocycles. The average molecular weight is 472 g/mol. The number of amides is 4. The topological polar surface area (TPSA) is 85.0 Å². The standard InChI is InChI=1S/C26H41N5O3/c1-19(2)17-23(32)27-20-9-10-22(21(18-20)24(33)30-11-7-6-8-12-30)29-13-15-31(16-14-29)25(34)28-26(3,4)5/h9-10,18-19H,6-8,11-17H2,1-5H3,(H,27,32)(H,28,34). The Kier molecular flexibility index (Phi) is 8.44. The van der Waals surface area contributed by atoms with Crippen molar-refractivity contribution in [3.63, 3.8) is 0 Å². The zero-order valence-electron chi connectivity index (χ0n) is 21.4. The van der Waals surface area contributed by atoms with E-state index >= 15 is 0 Å². The first-order chi connectivity index (χ1) is 16.0. The third-order valence-corrected chi connectivity index (χ3v) is 6.14. The molecule has 8 heteroatoms. The molecule has 2 fully saturated rings. The van der Waals surface area contributed by atoms with Gasteiger partial charge in [0, 0.05) is 62.6 Å². The summed E-state index contributed by atoms with van der Waals surface area (Å²) in [5.74, 6) is 0.237. The molecule has 1 aromatic rings. The van der Waals surface area contributed by atoms with Crippen LogP contribution in [0.15, 0.2) is 18.2 Å². The highest BCUT2D eigenvalue weighted by molar-refractivity contribution is 6.02. The number of rotatable bonds is 5. The van der Waals surface area contributed by atoms with Crippen LogP contribution in [-0.4, -0.2) is 72.5 Å². The molecule has 0 atom stereocenters. The van der Waals surface area contributed by atoms with Gasteiger partial charge in [0.25, 0.3) is 5.91 Å². The molecule has 2 heterocycles. The fourth-order valence-electron chi connectivity index (χ4n) is 4.46. The number of hydrogen-bond acceptors (Lipinski definition) is 4. The summed E-state index contributed by atoms with van der Waals surface area (Å²) in [6.45, 7) is 14.0. The molecule has 2 aliphatic rings. The summed E-state index contributed by atoms with van der Waals surface area (Å²) in [5, 5.41) is 5.98. The monoisotopic (exact) mass is 471 g/mol. The van der Waals surface area contributed by atoms with E-state index in [1.54, 1.807) is 0 Å². The number of urea groups is 1. The molecule has 34 heavy (non-hydrogen) atoms. The van der Waals surface area contributed by atoms with Crippen molar-refractivity contribution in [2.75, 3.05) is 49.5 Å². The molecule has 2 aliphatic heterocycles. The Morgan fingerprint density at radius 3 is 2.15 bits per heavy atom. The highest BCUT2D eigenvalue weighted by Gasteiger charge is 2.28. The molecular weight excluding hydrogens is 430 g/mol. The first-order valence-corrected chi connectivity index (χ1v) is 12.6. The second-order valence-electron chi connectivity index (χ2n) is 10.9. The van der Waals surface area contributed by atoms with Gasteiger partial charge >= 0.3 is 6.03 Å². The van der Waals surface area contributed by atoms with Gasteiger partial charge in [0.1, 0.15) is 0 Å². The van der Waals surface area contributed by atoms with E-state index in [0.717, 1.165) is 38.0 Å². The van der Waals surface area contributed by atoms with Gasteiger partial charge in [-0.1, -0.05) is 13.8 Å². The highest BCUT2D eigenvalue weighted by atomic mass is 16.2. The Morgan fingerprint density at radius 2 is 1.56 bits per heavy atom. The Balaban J connectivity index is 1.78. The van der Waals surface area contributed by atoms with Crippen molar-refractivity contribution in [3.05, 3.63) is 23.8 Å². The molecule has 188 valence electrons.